The number of hydrogen-bond acceptors (Lipinski definition) is 2. The predicted molar refractivity (Wildman–Crippen MR) is 94.9 cm³/mol. The molecule has 2 fully saturated rings. The Kier molecular flexibility index (Phi) is 3.64. The third-order valence-electron chi connectivity index (χ3n) is 5.75. The van der Waals surface area contributed by atoms with Gasteiger partial charge in [0.05, 0.1) is 0 Å². The van der Waals surface area contributed by atoms with Crippen LogP contribution in [0.5, 0.6) is 0 Å². The summed E-state index contributed by atoms with van der Waals surface area (Å²) in [4.78, 5) is 25.7. The maximum atomic E-state index is 12.8. The number of aryl methyl sites for hydroxylation is 2. The molecule has 0 N–H and O–H groups in total. The van der Waals surface area contributed by atoms with E-state index in [-0.39, 0.29) is 23.4 Å². The molecule has 0 heterocycles. The molecule has 2 saturated carbocycles. The van der Waals surface area contributed by atoms with Gasteiger partial charge in [0.15, 0.2) is 11.6 Å². The Bertz CT molecular complexity index is 812. The monoisotopic (exact) mass is 318 g/mol. The summed E-state index contributed by atoms with van der Waals surface area (Å²) in [5.74, 6) is -0.0445. The van der Waals surface area contributed by atoms with Crippen LogP contribution in [-0.2, 0) is 9.59 Å². The first-order valence-corrected chi connectivity index (χ1v) is 8.79. The van der Waals surface area contributed by atoms with Gasteiger partial charge in [-0.3, -0.25) is 9.59 Å². The number of benzene rings is 2. The topological polar surface area (TPSA) is 34.1 Å². The van der Waals surface area contributed by atoms with Gasteiger partial charge in [0.25, 0.3) is 0 Å². The molecule has 0 amide bonds. The Labute approximate surface area is 142 Å². The molecule has 0 aliphatic heterocycles. The Morgan fingerprint density at radius 1 is 0.833 bits per heavy atom. The van der Waals surface area contributed by atoms with Crippen LogP contribution in [0.4, 0.5) is 0 Å². The lowest BCUT2D eigenvalue weighted by atomic mass is 9.74. The van der Waals surface area contributed by atoms with Gasteiger partial charge in [0, 0.05) is 11.8 Å². The maximum Gasteiger partial charge on any atom is 0.150 e. The fourth-order valence-electron chi connectivity index (χ4n) is 4.37. The van der Waals surface area contributed by atoms with E-state index in [1.54, 1.807) is 0 Å². The molecule has 2 heteroatoms. The van der Waals surface area contributed by atoms with Gasteiger partial charge in [-0.15, -0.1) is 0 Å². The highest BCUT2D eigenvalue weighted by Gasteiger charge is 2.47. The third kappa shape index (κ3) is 2.41. The average molecular weight is 318 g/mol. The molecule has 2 aliphatic carbocycles. The number of fused-ring (bicyclic) bond motifs is 2. The molecule has 2 aromatic rings. The normalized spacial score (nSPS) is 26.0. The van der Waals surface area contributed by atoms with Crippen LogP contribution in [-0.4, -0.2) is 11.6 Å². The molecule has 4 rings (SSSR count). The van der Waals surface area contributed by atoms with Crippen LogP contribution in [0, 0.1) is 25.7 Å². The zero-order valence-electron chi connectivity index (χ0n) is 14.2. The third-order valence-corrected chi connectivity index (χ3v) is 5.75. The summed E-state index contributed by atoms with van der Waals surface area (Å²) in [6.45, 7) is 4.08. The SMILES string of the molecule is Cc1cccc(-c2ccc(C)c(C3C(=O)[C@@H]4CC[C@@H](C4)C3=O)c2)c1. The van der Waals surface area contributed by atoms with Gasteiger partial charge < -0.3 is 0 Å². The van der Waals surface area contributed by atoms with Gasteiger partial charge in [0.1, 0.15) is 5.92 Å². The standard InChI is InChI=1S/C22H22O2/c1-13-4-3-5-15(10-13)16-7-6-14(2)19(12-16)20-21(23)17-8-9-18(11-17)22(20)24/h3-7,10,12,17-18,20H,8-9,11H2,1-2H3/t17-,18+,20?. The Hall–Kier alpha value is -2.22. The summed E-state index contributed by atoms with van der Waals surface area (Å²) in [5, 5.41) is 0. The van der Waals surface area contributed by atoms with Crippen LogP contribution >= 0.6 is 0 Å². The second kappa shape index (κ2) is 5.70. The zero-order chi connectivity index (χ0) is 16.8. The lowest BCUT2D eigenvalue weighted by Crippen LogP contribution is -2.35. The maximum absolute atomic E-state index is 12.8. The highest BCUT2D eigenvalue weighted by atomic mass is 16.2. The highest BCUT2D eigenvalue weighted by molar-refractivity contribution is 6.12. The van der Waals surface area contributed by atoms with E-state index in [4.69, 9.17) is 0 Å². The van der Waals surface area contributed by atoms with Crippen LogP contribution in [0.2, 0.25) is 0 Å². The number of carbonyl (C=O) groups is 2. The van der Waals surface area contributed by atoms with Crippen molar-refractivity contribution >= 4 is 11.6 Å². The quantitative estimate of drug-likeness (QED) is 0.757. The Morgan fingerprint density at radius 2 is 1.50 bits per heavy atom. The van der Waals surface area contributed by atoms with Crippen molar-refractivity contribution in [3.8, 4) is 11.1 Å². The van der Waals surface area contributed by atoms with Crippen LogP contribution in [0.3, 0.4) is 0 Å². The van der Waals surface area contributed by atoms with Gasteiger partial charge in [-0.2, -0.15) is 0 Å². The highest BCUT2D eigenvalue weighted by Crippen LogP contribution is 2.44. The summed E-state index contributed by atoms with van der Waals surface area (Å²) in [6, 6.07) is 14.5. The number of Topliss-reactive ketones (excluding diaryl/α,β-unsaturated/α-hetero) is 2. The van der Waals surface area contributed by atoms with E-state index in [0.29, 0.717) is 0 Å². The predicted octanol–water partition coefficient (Wildman–Crippen LogP) is 4.62. The van der Waals surface area contributed by atoms with E-state index in [2.05, 4.69) is 37.3 Å². The van der Waals surface area contributed by atoms with Crippen LogP contribution in [0.25, 0.3) is 11.1 Å². The Morgan fingerprint density at radius 3 is 2.17 bits per heavy atom. The van der Waals surface area contributed by atoms with Gasteiger partial charge >= 0.3 is 0 Å². The molecule has 2 aromatic carbocycles. The summed E-state index contributed by atoms with van der Waals surface area (Å²) in [5.41, 5.74) is 5.38. The molecular formula is C22H22O2. The number of rotatable bonds is 2. The summed E-state index contributed by atoms with van der Waals surface area (Å²) in [6.07, 6.45) is 2.56. The first kappa shape index (κ1) is 15.3. The van der Waals surface area contributed by atoms with Crippen molar-refractivity contribution in [3.63, 3.8) is 0 Å². The minimum absolute atomic E-state index is 0.0970. The first-order chi connectivity index (χ1) is 11.5. The van der Waals surface area contributed by atoms with Crippen molar-refractivity contribution in [1.82, 2.24) is 0 Å². The molecule has 2 nitrogen and oxygen atoms in total. The molecule has 2 bridgehead atoms. The van der Waals surface area contributed by atoms with Crippen molar-refractivity contribution in [2.45, 2.75) is 39.0 Å². The van der Waals surface area contributed by atoms with Crippen molar-refractivity contribution in [2.24, 2.45) is 11.8 Å². The van der Waals surface area contributed by atoms with Crippen LogP contribution < -0.4 is 0 Å². The molecule has 3 atom stereocenters. The molecule has 122 valence electrons. The largest absolute Gasteiger partial charge is 0.298 e. The van der Waals surface area contributed by atoms with Crippen molar-refractivity contribution < 1.29 is 9.59 Å². The first-order valence-electron chi connectivity index (χ1n) is 8.79. The number of carbonyl (C=O) groups excluding carboxylic acids is 2. The molecule has 0 spiro atoms. The lowest BCUT2D eigenvalue weighted by molar-refractivity contribution is -0.135. The number of ketones is 2. The fourth-order valence-corrected chi connectivity index (χ4v) is 4.37. The van der Waals surface area contributed by atoms with E-state index in [1.165, 1.54) is 5.56 Å². The van der Waals surface area contributed by atoms with Crippen LogP contribution in [0.15, 0.2) is 42.5 Å². The van der Waals surface area contributed by atoms with Gasteiger partial charge in [0.2, 0.25) is 0 Å². The lowest BCUT2D eigenvalue weighted by Gasteiger charge is -2.27. The fraction of sp³-hybridized carbons (Fsp3) is 0.364. The van der Waals surface area contributed by atoms with E-state index in [9.17, 15) is 9.59 Å². The minimum atomic E-state index is -0.541. The summed E-state index contributed by atoms with van der Waals surface area (Å²) in [7, 11) is 0. The molecule has 0 radical (unpaired) electrons. The summed E-state index contributed by atoms with van der Waals surface area (Å²) >= 11 is 0. The van der Waals surface area contributed by atoms with Gasteiger partial charge in [-0.1, -0.05) is 42.0 Å². The van der Waals surface area contributed by atoms with E-state index < -0.39 is 5.92 Å². The van der Waals surface area contributed by atoms with Crippen molar-refractivity contribution in [3.05, 3.63) is 59.2 Å². The zero-order valence-corrected chi connectivity index (χ0v) is 14.2. The van der Waals surface area contributed by atoms with Crippen LogP contribution in [0.1, 0.15) is 41.9 Å². The van der Waals surface area contributed by atoms with Gasteiger partial charge in [-0.25, -0.2) is 0 Å². The molecular weight excluding hydrogens is 296 g/mol. The van der Waals surface area contributed by atoms with E-state index in [1.807, 2.05) is 19.1 Å². The molecule has 1 unspecified atom stereocenters. The van der Waals surface area contributed by atoms with Gasteiger partial charge in [-0.05, 0) is 61.4 Å². The number of hydrogen-bond donors (Lipinski definition) is 0. The second-order valence-electron chi connectivity index (χ2n) is 7.39. The van der Waals surface area contributed by atoms with Crippen molar-refractivity contribution in [2.75, 3.05) is 0 Å². The minimum Gasteiger partial charge on any atom is -0.298 e. The summed E-state index contributed by atoms with van der Waals surface area (Å²) < 4.78 is 0. The smallest absolute Gasteiger partial charge is 0.150 e. The van der Waals surface area contributed by atoms with E-state index >= 15 is 0 Å². The molecule has 2 aliphatic rings. The average Bonchev–Trinajstić information content (AvgIpc) is 3.02. The Balaban J connectivity index is 1.79. The second-order valence-corrected chi connectivity index (χ2v) is 7.39. The molecule has 0 saturated heterocycles. The molecule has 0 aromatic heterocycles. The van der Waals surface area contributed by atoms with Crippen molar-refractivity contribution in [1.29, 1.82) is 0 Å². The van der Waals surface area contributed by atoms with E-state index in [0.717, 1.165) is 41.5 Å². The molecule has 24 heavy (non-hydrogen) atoms.